The number of ketones is 1. The van der Waals surface area contributed by atoms with Gasteiger partial charge in [0.05, 0.1) is 12.1 Å². The van der Waals surface area contributed by atoms with Crippen LogP contribution in [0.25, 0.3) is 11.1 Å². The number of carbonyl (C=O) groups excluding carboxylic acids is 7. The number of aliphatic hydroxyl groups is 2. The number of primary amides is 1. The van der Waals surface area contributed by atoms with E-state index in [1.807, 2.05) is 0 Å². The molecule has 4 rings (SSSR count). The summed E-state index contributed by atoms with van der Waals surface area (Å²) in [6, 6.07) is 3.02. The molecule has 0 radical (unpaired) electrons. The van der Waals surface area contributed by atoms with Crippen LogP contribution in [0.2, 0.25) is 0 Å². The summed E-state index contributed by atoms with van der Waals surface area (Å²) < 4.78 is 0. The third-order valence-corrected chi connectivity index (χ3v) is 8.51. The molecule has 16 nitrogen and oxygen atoms in total. The number of phenols is 1. The van der Waals surface area contributed by atoms with E-state index in [0.29, 0.717) is 12.0 Å². The summed E-state index contributed by atoms with van der Waals surface area (Å²) >= 11 is 0. The highest BCUT2D eigenvalue weighted by atomic mass is 16.4. The van der Waals surface area contributed by atoms with E-state index >= 15 is 0 Å². The minimum absolute atomic E-state index is 0.0270. The van der Waals surface area contributed by atoms with Crippen LogP contribution in [0.5, 0.6) is 5.75 Å². The molecule has 16 heteroatoms. The molecule has 0 spiro atoms. The zero-order valence-corrected chi connectivity index (χ0v) is 26.9. The maximum Gasteiger partial charge on any atom is 0.288 e. The van der Waals surface area contributed by atoms with Crippen LogP contribution in [-0.4, -0.2) is 80.8 Å². The number of nitrogens with two attached hydrogens (primary N) is 1. The molecule has 49 heavy (non-hydrogen) atoms. The lowest BCUT2D eigenvalue weighted by Crippen LogP contribution is -2.64. The fourth-order valence-electron chi connectivity index (χ4n) is 5.58. The number of para-hydroxylation sites is 1. The zero-order valence-electron chi connectivity index (χ0n) is 26.9. The van der Waals surface area contributed by atoms with Crippen molar-refractivity contribution in [1.82, 2.24) is 21.3 Å². The largest absolute Gasteiger partial charge is 0.507 e. The Labute approximate surface area is 280 Å². The average Bonchev–Trinajstić information content (AvgIpc) is 3.34. The molecule has 0 saturated heterocycles. The van der Waals surface area contributed by atoms with Gasteiger partial charge in [0.1, 0.15) is 30.0 Å². The number of anilines is 1. The van der Waals surface area contributed by atoms with E-state index in [1.165, 1.54) is 49.4 Å². The molecule has 2 aliphatic heterocycles. The van der Waals surface area contributed by atoms with Crippen molar-refractivity contribution in [2.45, 2.75) is 69.9 Å². The van der Waals surface area contributed by atoms with Crippen LogP contribution in [0.15, 0.2) is 48.7 Å². The van der Waals surface area contributed by atoms with Gasteiger partial charge in [-0.3, -0.25) is 33.6 Å². The highest BCUT2D eigenvalue weighted by Crippen LogP contribution is 2.46. The second-order valence-electron chi connectivity index (χ2n) is 11.9. The van der Waals surface area contributed by atoms with Crippen molar-refractivity contribution in [3.8, 4) is 16.9 Å². The number of hydrogen-bond acceptors (Lipinski definition) is 10. The molecular weight excluding hydrogens is 640 g/mol. The molecular formula is C33H38N6O10. The first-order valence-corrected chi connectivity index (χ1v) is 15.5. The van der Waals surface area contributed by atoms with E-state index in [2.05, 4.69) is 26.6 Å². The van der Waals surface area contributed by atoms with Crippen LogP contribution >= 0.6 is 0 Å². The molecule has 6 amide bonds. The average molecular weight is 679 g/mol. The van der Waals surface area contributed by atoms with Gasteiger partial charge in [-0.25, -0.2) is 0 Å². The number of aromatic hydroxyl groups is 1. The van der Waals surface area contributed by atoms with Gasteiger partial charge in [0.25, 0.3) is 11.8 Å². The second kappa shape index (κ2) is 14.7. The molecule has 0 saturated carbocycles. The van der Waals surface area contributed by atoms with Gasteiger partial charge in [-0.15, -0.1) is 0 Å². The lowest BCUT2D eigenvalue weighted by Gasteiger charge is -2.33. The van der Waals surface area contributed by atoms with E-state index in [4.69, 9.17) is 5.73 Å². The van der Waals surface area contributed by atoms with Crippen LogP contribution < -0.4 is 32.3 Å². The second-order valence-corrected chi connectivity index (χ2v) is 11.9. The van der Waals surface area contributed by atoms with E-state index in [0.717, 1.165) is 6.20 Å². The fraction of sp³-hybridized carbons (Fsp3) is 0.364. The summed E-state index contributed by atoms with van der Waals surface area (Å²) in [7, 11) is 0. The van der Waals surface area contributed by atoms with Crippen molar-refractivity contribution in [1.29, 1.82) is 0 Å². The van der Waals surface area contributed by atoms with Crippen molar-refractivity contribution in [2.24, 2.45) is 11.7 Å². The van der Waals surface area contributed by atoms with Crippen molar-refractivity contribution in [2.75, 3.05) is 5.32 Å². The minimum Gasteiger partial charge on any atom is -0.507 e. The highest BCUT2D eigenvalue weighted by molar-refractivity contribution is 6.37. The summed E-state index contributed by atoms with van der Waals surface area (Å²) in [4.78, 5) is 91.8. The van der Waals surface area contributed by atoms with Crippen molar-refractivity contribution >= 4 is 46.9 Å². The maximum atomic E-state index is 13.7. The summed E-state index contributed by atoms with van der Waals surface area (Å²) in [5.41, 5.74) is 2.95. The Kier molecular flexibility index (Phi) is 10.8. The van der Waals surface area contributed by atoms with Gasteiger partial charge in [-0.05, 0) is 37.2 Å². The lowest BCUT2D eigenvalue weighted by atomic mass is 9.83. The van der Waals surface area contributed by atoms with Gasteiger partial charge in [0.2, 0.25) is 29.4 Å². The van der Waals surface area contributed by atoms with E-state index in [-0.39, 0.29) is 34.5 Å². The molecule has 2 aliphatic rings. The molecule has 0 aromatic heterocycles. The van der Waals surface area contributed by atoms with Gasteiger partial charge < -0.3 is 47.6 Å². The SMILES string of the molecule is C/C=C/NC(=O)[C@H]1NC(=O)[C@H](CC(N)=O)NC(=O)[C@@H](NC(=O)C(=O)[C@@H](C)CC)Cc2ccc(O)c(c2)-c2cccc3c2NC(=O)[C@]3(O)[C@@H]1O. The molecule has 6 atom stereocenters. The molecule has 2 aromatic rings. The number of phenolic OH excluding ortho intramolecular Hbond substituents is 1. The number of hydrogen-bond donors (Lipinski definition) is 9. The Bertz CT molecular complexity index is 1740. The first-order valence-electron chi connectivity index (χ1n) is 15.5. The van der Waals surface area contributed by atoms with Gasteiger partial charge in [0, 0.05) is 29.0 Å². The van der Waals surface area contributed by atoms with Crippen LogP contribution in [0, 0.1) is 5.92 Å². The number of fused-ring (bicyclic) bond motifs is 3. The predicted octanol–water partition coefficient (Wildman–Crippen LogP) is -1.29. The Hall–Kier alpha value is -5.61. The zero-order chi connectivity index (χ0) is 36.2. The molecule has 10 N–H and O–H groups in total. The third-order valence-electron chi connectivity index (χ3n) is 8.51. The number of Topliss-reactive ketones (excluding diaryl/α,β-unsaturated/α-hetero) is 1. The van der Waals surface area contributed by atoms with Gasteiger partial charge in [-0.2, -0.15) is 0 Å². The van der Waals surface area contributed by atoms with Crippen molar-refractivity contribution < 1.29 is 48.9 Å². The first-order chi connectivity index (χ1) is 23.1. The Morgan fingerprint density at radius 2 is 1.80 bits per heavy atom. The Morgan fingerprint density at radius 1 is 1.08 bits per heavy atom. The standard InChI is InChI=1S/C33H38N6O10/c1-4-11-35-30(46)25-27(43)33(49)19-8-6-7-17(24(19)39-32(33)48)18-12-16(9-10-22(18)40)13-20(37-31(47)26(42)15(3)5-2)28(44)36-21(14-23(34)41)29(45)38-25/h4,6-12,15,20-21,25,27,40,43,49H,5,13-14H2,1-3H3,(H2,34,41)(H,35,46)(H,36,44)(H,37,47)(H,38,45)(H,39,48)/b11-4+/t15-,20-,21-,25-,27+,33+/m0/s1. The number of carbonyl (C=O) groups is 7. The smallest absolute Gasteiger partial charge is 0.288 e. The first kappa shape index (κ1) is 36.2. The fourth-order valence-corrected chi connectivity index (χ4v) is 5.58. The predicted molar refractivity (Wildman–Crippen MR) is 173 cm³/mol. The van der Waals surface area contributed by atoms with Crippen molar-refractivity contribution in [3.05, 3.63) is 59.8 Å². The summed E-state index contributed by atoms with van der Waals surface area (Å²) in [5.74, 6) is -8.38. The Morgan fingerprint density at radius 3 is 2.45 bits per heavy atom. The minimum atomic E-state index is -2.83. The summed E-state index contributed by atoms with van der Waals surface area (Å²) in [6.45, 7) is 4.79. The summed E-state index contributed by atoms with van der Waals surface area (Å²) in [6.07, 6.45) is -0.553. The maximum absolute atomic E-state index is 13.7. The quantitative estimate of drug-likeness (QED) is 0.149. The normalized spacial score (nSPS) is 24.3. The van der Waals surface area contributed by atoms with Gasteiger partial charge in [-0.1, -0.05) is 44.2 Å². The third kappa shape index (κ3) is 7.29. The van der Waals surface area contributed by atoms with Crippen LogP contribution in [-0.2, 0) is 45.6 Å². The van der Waals surface area contributed by atoms with Gasteiger partial charge in [0.15, 0.2) is 5.60 Å². The number of rotatable bonds is 8. The van der Waals surface area contributed by atoms with E-state index in [1.54, 1.807) is 13.8 Å². The number of aliphatic hydroxyl groups excluding tert-OH is 1. The topological polar surface area (TPSA) is 266 Å². The van der Waals surface area contributed by atoms with E-state index in [9.17, 15) is 48.9 Å². The van der Waals surface area contributed by atoms with Crippen LogP contribution in [0.3, 0.4) is 0 Å². The number of benzene rings is 2. The van der Waals surface area contributed by atoms with Crippen LogP contribution in [0.1, 0.15) is 44.7 Å². The molecule has 0 unspecified atom stereocenters. The monoisotopic (exact) mass is 678 g/mol. The Balaban J connectivity index is 1.93. The highest BCUT2D eigenvalue weighted by Gasteiger charge is 2.56. The molecule has 0 fully saturated rings. The molecule has 260 valence electrons. The van der Waals surface area contributed by atoms with Crippen molar-refractivity contribution in [3.63, 3.8) is 0 Å². The number of amides is 6. The molecule has 2 aromatic carbocycles. The lowest BCUT2D eigenvalue weighted by molar-refractivity contribution is -0.155. The molecule has 6 bridgehead atoms. The number of nitrogens with one attached hydrogen (secondary N) is 5. The van der Waals surface area contributed by atoms with E-state index < -0.39 is 83.4 Å². The molecule has 2 heterocycles. The van der Waals surface area contributed by atoms with Gasteiger partial charge >= 0.3 is 0 Å². The van der Waals surface area contributed by atoms with Crippen LogP contribution in [0.4, 0.5) is 5.69 Å². The number of allylic oxidation sites excluding steroid dienone is 1. The molecule has 0 aliphatic carbocycles. The summed E-state index contributed by atoms with van der Waals surface area (Å²) in [5, 5.41) is 46.0.